The number of aliphatic hydroxyl groups is 1. The number of allylic oxidation sites excluding steroid dienone is 3. The summed E-state index contributed by atoms with van der Waals surface area (Å²) in [6.45, 7) is 1.69. The lowest BCUT2D eigenvalue weighted by Crippen LogP contribution is -2.06. The first-order valence-electron chi connectivity index (χ1n) is 4.19. The van der Waals surface area contributed by atoms with Gasteiger partial charge < -0.3 is 9.90 Å². The van der Waals surface area contributed by atoms with Crippen molar-refractivity contribution in [1.29, 1.82) is 0 Å². The van der Waals surface area contributed by atoms with Crippen molar-refractivity contribution in [3.8, 4) is 0 Å². The van der Waals surface area contributed by atoms with Gasteiger partial charge in [0.15, 0.2) is 5.78 Å². The largest absolute Gasteiger partial charge is 0.515 e. The Morgan fingerprint density at radius 2 is 2.31 bits per heavy atom. The van der Waals surface area contributed by atoms with Crippen LogP contribution in [0.15, 0.2) is 23.5 Å². The molecule has 1 aliphatic rings. The van der Waals surface area contributed by atoms with Crippen LogP contribution in [-0.4, -0.2) is 17.2 Å². The molecule has 0 spiro atoms. The molecule has 0 heterocycles. The van der Waals surface area contributed by atoms with Gasteiger partial charge in [-0.05, 0) is 25.3 Å². The summed E-state index contributed by atoms with van der Waals surface area (Å²) in [4.78, 5) is 22.0. The molecule has 3 nitrogen and oxygen atoms in total. The fraction of sp³-hybridized carbons (Fsp3) is 0.400. The molecule has 0 saturated carbocycles. The minimum absolute atomic E-state index is 0.160. The normalized spacial score (nSPS) is 26.8. The van der Waals surface area contributed by atoms with E-state index in [1.807, 2.05) is 0 Å². The van der Waals surface area contributed by atoms with E-state index in [9.17, 15) is 9.59 Å². The molecule has 0 amide bonds. The zero-order valence-electron chi connectivity index (χ0n) is 7.49. The Bertz CT molecular complexity index is 287. The van der Waals surface area contributed by atoms with Crippen molar-refractivity contribution < 1.29 is 14.7 Å². The van der Waals surface area contributed by atoms with Crippen LogP contribution in [0.2, 0.25) is 0 Å². The molecular weight excluding hydrogens is 168 g/mol. The summed E-state index contributed by atoms with van der Waals surface area (Å²) >= 11 is 0. The first kappa shape index (κ1) is 9.71. The number of hydrogen-bond donors (Lipinski definition) is 1. The van der Waals surface area contributed by atoms with E-state index in [0.717, 1.165) is 12.5 Å². The number of aliphatic hydroxyl groups excluding tert-OH is 1. The third kappa shape index (κ3) is 2.05. The van der Waals surface area contributed by atoms with Gasteiger partial charge in [0.25, 0.3) is 0 Å². The summed E-state index contributed by atoms with van der Waals surface area (Å²) < 4.78 is 0. The Morgan fingerprint density at radius 1 is 1.62 bits per heavy atom. The number of Topliss-reactive ketones (excluding diaryl/α,β-unsaturated/α-hetero) is 1. The number of aldehydes is 1. The van der Waals surface area contributed by atoms with Crippen LogP contribution >= 0.6 is 0 Å². The van der Waals surface area contributed by atoms with Gasteiger partial charge >= 0.3 is 0 Å². The first-order chi connectivity index (χ1) is 6.19. The van der Waals surface area contributed by atoms with Gasteiger partial charge in [0, 0.05) is 11.5 Å². The van der Waals surface area contributed by atoms with Crippen LogP contribution in [0.25, 0.3) is 0 Å². The van der Waals surface area contributed by atoms with Crippen molar-refractivity contribution >= 4 is 12.1 Å². The third-order valence-corrected chi connectivity index (χ3v) is 2.21. The van der Waals surface area contributed by atoms with Gasteiger partial charge in [-0.1, -0.05) is 6.08 Å². The molecule has 0 radical (unpaired) electrons. The quantitative estimate of drug-likeness (QED) is 0.378. The molecule has 70 valence electrons. The van der Waals surface area contributed by atoms with Crippen LogP contribution in [0.5, 0.6) is 0 Å². The number of carbonyl (C=O) groups excluding carboxylic acids is 2. The lowest BCUT2D eigenvalue weighted by molar-refractivity contribution is -0.112. The van der Waals surface area contributed by atoms with Gasteiger partial charge in [-0.2, -0.15) is 0 Å². The van der Waals surface area contributed by atoms with E-state index in [1.165, 1.54) is 0 Å². The van der Waals surface area contributed by atoms with Gasteiger partial charge in [0.1, 0.15) is 6.29 Å². The first-order valence-corrected chi connectivity index (χ1v) is 4.19. The maximum absolute atomic E-state index is 11.4. The highest BCUT2D eigenvalue weighted by molar-refractivity contribution is 6.08. The predicted octanol–water partition coefficient (Wildman–Crippen LogP) is 1.55. The zero-order valence-corrected chi connectivity index (χ0v) is 7.49. The molecule has 0 aromatic rings. The van der Waals surface area contributed by atoms with Gasteiger partial charge in [0.05, 0.1) is 6.26 Å². The summed E-state index contributed by atoms with van der Waals surface area (Å²) in [6.07, 6.45) is 4.30. The Balaban J connectivity index is 2.95. The Morgan fingerprint density at radius 3 is 2.85 bits per heavy atom. The molecule has 0 aliphatic heterocycles. The van der Waals surface area contributed by atoms with Crippen molar-refractivity contribution in [3.63, 3.8) is 0 Å². The number of rotatable bonds is 1. The van der Waals surface area contributed by atoms with Crippen molar-refractivity contribution in [2.24, 2.45) is 5.92 Å². The van der Waals surface area contributed by atoms with E-state index >= 15 is 0 Å². The summed E-state index contributed by atoms with van der Waals surface area (Å²) in [6, 6.07) is 0. The molecule has 1 atom stereocenters. The molecule has 0 aromatic carbocycles. The standard InChI is InChI=1S/C10H12O3/c1-7-2-3-8(5-11)4-9(6-12)10(7)13/h2,5-6,8,12H,3-4H2,1H3/b9-6-. The van der Waals surface area contributed by atoms with Crippen LogP contribution < -0.4 is 0 Å². The molecule has 0 bridgehead atoms. The monoisotopic (exact) mass is 180 g/mol. The van der Waals surface area contributed by atoms with Crippen molar-refractivity contribution in [2.75, 3.05) is 0 Å². The van der Waals surface area contributed by atoms with Crippen LogP contribution in [0.4, 0.5) is 0 Å². The third-order valence-electron chi connectivity index (χ3n) is 2.21. The van der Waals surface area contributed by atoms with Gasteiger partial charge in [-0.25, -0.2) is 0 Å². The van der Waals surface area contributed by atoms with E-state index < -0.39 is 0 Å². The Labute approximate surface area is 76.8 Å². The second-order valence-electron chi connectivity index (χ2n) is 3.21. The summed E-state index contributed by atoms with van der Waals surface area (Å²) in [5, 5.41) is 8.79. The Hall–Kier alpha value is -1.38. The van der Waals surface area contributed by atoms with E-state index in [-0.39, 0.29) is 11.7 Å². The molecule has 1 unspecified atom stereocenters. The number of hydrogen-bond acceptors (Lipinski definition) is 3. The van der Waals surface area contributed by atoms with Crippen LogP contribution in [-0.2, 0) is 9.59 Å². The van der Waals surface area contributed by atoms with E-state index in [4.69, 9.17) is 5.11 Å². The summed E-state index contributed by atoms with van der Waals surface area (Å²) in [7, 11) is 0. The summed E-state index contributed by atoms with van der Waals surface area (Å²) in [5.41, 5.74) is 0.924. The molecule has 1 rings (SSSR count). The second-order valence-corrected chi connectivity index (χ2v) is 3.21. The number of ketones is 1. The highest BCUT2D eigenvalue weighted by Crippen LogP contribution is 2.22. The predicted molar refractivity (Wildman–Crippen MR) is 48.3 cm³/mol. The van der Waals surface area contributed by atoms with Crippen LogP contribution in [0, 0.1) is 5.92 Å². The molecule has 1 N–H and O–H groups in total. The molecule has 0 saturated heterocycles. The fourth-order valence-corrected chi connectivity index (χ4v) is 1.35. The maximum Gasteiger partial charge on any atom is 0.187 e. The fourth-order valence-electron chi connectivity index (χ4n) is 1.35. The van der Waals surface area contributed by atoms with Gasteiger partial charge in [0.2, 0.25) is 0 Å². The van der Waals surface area contributed by atoms with Crippen LogP contribution in [0.1, 0.15) is 19.8 Å². The smallest absolute Gasteiger partial charge is 0.187 e. The second kappa shape index (κ2) is 4.03. The lowest BCUT2D eigenvalue weighted by atomic mass is 9.99. The van der Waals surface area contributed by atoms with Gasteiger partial charge in [-0.15, -0.1) is 0 Å². The minimum Gasteiger partial charge on any atom is -0.515 e. The molecule has 0 aromatic heterocycles. The average molecular weight is 180 g/mol. The molecule has 1 aliphatic carbocycles. The average Bonchev–Trinajstić information content (AvgIpc) is 2.29. The molecule has 13 heavy (non-hydrogen) atoms. The maximum atomic E-state index is 11.4. The van der Waals surface area contributed by atoms with E-state index in [1.54, 1.807) is 13.0 Å². The molecule has 0 fully saturated rings. The Kier molecular flexibility index (Phi) is 3.01. The van der Waals surface area contributed by atoms with E-state index in [2.05, 4.69) is 0 Å². The van der Waals surface area contributed by atoms with Crippen molar-refractivity contribution in [3.05, 3.63) is 23.5 Å². The SMILES string of the molecule is CC1=CCC(C=O)C/C(=C/O)C1=O. The molecular formula is C10H12O3. The van der Waals surface area contributed by atoms with Crippen molar-refractivity contribution in [1.82, 2.24) is 0 Å². The highest BCUT2D eigenvalue weighted by atomic mass is 16.2. The van der Waals surface area contributed by atoms with Gasteiger partial charge in [-0.3, -0.25) is 4.79 Å². The number of carbonyl (C=O) groups is 2. The minimum atomic E-state index is -0.181. The van der Waals surface area contributed by atoms with E-state index in [0.29, 0.717) is 24.0 Å². The van der Waals surface area contributed by atoms with Crippen molar-refractivity contribution in [2.45, 2.75) is 19.8 Å². The summed E-state index contributed by atoms with van der Waals surface area (Å²) in [5.74, 6) is -0.341. The molecule has 3 heteroatoms. The van der Waals surface area contributed by atoms with Crippen LogP contribution in [0.3, 0.4) is 0 Å². The zero-order chi connectivity index (χ0) is 9.84. The highest BCUT2D eigenvalue weighted by Gasteiger charge is 2.20. The lowest BCUT2D eigenvalue weighted by Gasteiger charge is -2.04. The topological polar surface area (TPSA) is 54.4 Å².